The Morgan fingerprint density at radius 2 is 1.83 bits per heavy atom. The summed E-state index contributed by atoms with van der Waals surface area (Å²) in [6.07, 6.45) is 1.38. The first-order valence-electron chi connectivity index (χ1n) is 7.42. The van der Waals surface area contributed by atoms with Crippen LogP contribution in [0.4, 0.5) is 0 Å². The molecule has 0 aromatic carbocycles. The average Bonchev–Trinajstić information content (AvgIpc) is 2.86. The van der Waals surface area contributed by atoms with Crippen LogP contribution < -0.4 is 9.32 Å². The van der Waals surface area contributed by atoms with Crippen LogP contribution in [0.5, 0.6) is 0 Å². The number of carboxylic acid groups (broad SMARTS) is 1. The SMILES string of the molecule is C[N+](C)(C)[C@@H](Cc1[nH]c([Se]CCC#N)nc1[Se]CCC#N)C(=O)O. The summed E-state index contributed by atoms with van der Waals surface area (Å²) in [6, 6.07) is 3.71. The van der Waals surface area contributed by atoms with Crippen molar-refractivity contribution in [2.24, 2.45) is 0 Å². The number of aromatic amines is 1. The summed E-state index contributed by atoms with van der Waals surface area (Å²) in [6.45, 7) is 0. The van der Waals surface area contributed by atoms with E-state index in [1.54, 1.807) is 0 Å². The van der Waals surface area contributed by atoms with Crippen LogP contribution >= 0.6 is 0 Å². The molecule has 0 saturated carbocycles. The second-order valence-corrected chi connectivity index (χ2v) is 10.6. The predicted molar refractivity (Wildman–Crippen MR) is 92.6 cm³/mol. The Labute approximate surface area is 155 Å². The molecule has 9 heteroatoms. The van der Waals surface area contributed by atoms with Crippen molar-refractivity contribution >= 4 is 45.2 Å². The van der Waals surface area contributed by atoms with Crippen LogP contribution in [0.3, 0.4) is 0 Å². The third kappa shape index (κ3) is 6.65. The molecule has 7 nitrogen and oxygen atoms in total. The van der Waals surface area contributed by atoms with Gasteiger partial charge in [0.25, 0.3) is 0 Å². The molecule has 1 rings (SSSR count). The number of carboxylic acids is 1. The zero-order chi connectivity index (χ0) is 18.2. The van der Waals surface area contributed by atoms with Crippen LogP contribution in [0.15, 0.2) is 0 Å². The summed E-state index contributed by atoms with van der Waals surface area (Å²) in [7, 11) is 5.61. The molecule has 0 fully saturated rings. The Kier molecular flexibility index (Phi) is 8.48. The number of imidazole rings is 1. The maximum atomic E-state index is 11.6. The van der Waals surface area contributed by atoms with E-state index in [9.17, 15) is 9.90 Å². The molecule has 24 heavy (non-hydrogen) atoms. The second-order valence-electron chi connectivity index (χ2n) is 6.01. The standard InChI is InChI=1S/C15H21N5O2Se2/c1-20(2,3)12(14(21)22)10-11-13(23-8-4-6-16)19-15(18-11)24-9-5-7-17/h12H,4-5,8-10H2,1-3H3,(H-,18,19,21,22)/p+1/t12-/m0/s1. The molecule has 0 aliphatic heterocycles. The molecule has 0 unspecified atom stereocenters. The number of carbonyl (C=O) groups is 1. The van der Waals surface area contributed by atoms with Gasteiger partial charge < -0.3 is 0 Å². The summed E-state index contributed by atoms with van der Waals surface area (Å²) in [5, 5.41) is 28.5. The molecule has 1 aromatic rings. The molecular weight excluding hydrogens is 440 g/mol. The van der Waals surface area contributed by atoms with Gasteiger partial charge in [0.05, 0.1) is 0 Å². The van der Waals surface area contributed by atoms with Gasteiger partial charge in [-0.05, 0) is 0 Å². The van der Waals surface area contributed by atoms with Gasteiger partial charge in [0.1, 0.15) is 0 Å². The Hall–Kier alpha value is -1.34. The number of nitrogens with one attached hydrogen (secondary N) is 1. The molecular formula is C15H22N5O2Se2+. The summed E-state index contributed by atoms with van der Waals surface area (Å²) in [4.78, 5) is 19.5. The summed E-state index contributed by atoms with van der Waals surface area (Å²) in [5.74, 6) is -0.830. The first-order chi connectivity index (χ1) is 11.3. The topological polar surface area (TPSA) is 114 Å². The first-order valence-corrected chi connectivity index (χ1v) is 11.6. The average molecular weight is 462 g/mol. The molecule has 0 saturated heterocycles. The number of likely N-dealkylation sites (N-methyl/N-ethyl adjacent to an activating group) is 1. The van der Waals surface area contributed by atoms with Crippen LogP contribution in [0.1, 0.15) is 18.5 Å². The molecule has 0 bridgehead atoms. The number of rotatable bonds is 10. The van der Waals surface area contributed by atoms with Crippen molar-refractivity contribution in [3.63, 3.8) is 0 Å². The third-order valence-corrected chi connectivity index (χ3v) is 7.22. The normalized spacial score (nSPS) is 12.4. The number of hydrogen-bond acceptors (Lipinski definition) is 4. The van der Waals surface area contributed by atoms with Gasteiger partial charge in [0.15, 0.2) is 0 Å². The fourth-order valence-electron chi connectivity index (χ4n) is 1.97. The maximum absolute atomic E-state index is 11.6. The van der Waals surface area contributed by atoms with Crippen molar-refractivity contribution in [1.29, 1.82) is 10.5 Å². The molecule has 0 spiro atoms. The van der Waals surface area contributed by atoms with Crippen molar-refractivity contribution in [2.45, 2.75) is 35.9 Å². The van der Waals surface area contributed by atoms with E-state index in [0.29, 0.717) is 23.7 Å². The quantitative estimate of drug-likeness (QED) is 0.275. The van der Waals surface area contributed by atoms with Gasteiger partial charge in [-0.25, -0.2) is 0 Å². The molecule has 0 aliphatic rings. The monoisotopic (exact) mass is 464 g/mol. The van der Waals surface area contributed by atoms with Gasteiger partial charge in [-0.2, -0.15) is 0 Å². The van der Waals surface area contributed by atoms with Crippen molar-refractivity contribution in [3.8, 4) is 12.1 Å². The first kappa shape index (κ1) is 20.7. The number of hydrogen-bond donors (Lipinski definition) is 2. The van der Waals surface area contributed by atoms with Crippen molar-refractivity contribution in [3.05, 3.63) is 5.69 Å². The summed E-state index contributed by atoms with van der Waals surface area (Å²) >= 11 is 0.141. The van der Waals surface area contributed by atoms with Crippen molar-refractivity contribution in [1.82, 2.24) is 9.97 Å². The van der Waals surface area contributed by atoms with Gasteiger partial charge in [-0.3, -0.25) is 0 Å². The minimum absolute atomic E-state index is 0.0546. The van der Waals surface area contributed by atoms with E-state index in [1.165, 1.54) is 0 Å². The van der Waals surface area contributed by atoms with Crippen LogP contribution in [0.25, 0.3) is 0 Å². The number of aliphatic carboxylic acids is 1. The van der Waals surface area contributed by atoms with Crippen molar-refractivity contribution < 1.29 is 14.4 Å². The van der Waals surface area contributed by atoms with Gasteiger partial charge in [0, 0.05) is 0 Å². The van der Waals surface area contributed by atoms with E-state index in [1.807, 2.05) is 21.1 Å². The van der Waals surface area contributed by atoms with E-state index < -0.39 is 12.0 Å². The van der Waals surface area contributed by atoms with E-state index in [2.05, 4.69) is 22.1 Å². The number of aromatic nitrogens is 2. The molecule has 1 atom stereocenters. The van der Waals surface area contributed by atoms with Crippen LogP contribution in [0.2, 0.25) is 10.6 Å². The van der Waals surface area contributed by atoms with Crippen LogP contribution in [-0.2, 0) is 11.2 Å². The zero-order valence-electron chi connectivity index (χ0n) is 14.1. The molecule has 0 amide bonds. The molecule has 0 aliphatic carbocycles. The number of nitrogens with zero attached hydrogens (tertiary/aromatic N) is 4. The minimum atomic E-state index is -0.830. The van der Waals surface area contributed by atoms with Crippen LogP contribution in [0, 0.1) is 22.7 Å². The molecule has 0 radical (unpaired) electrons. The van der Waals surface area contributed by atoms with E-state index in [-0.39, 0.29) is 29.9 Å². The Morgan fingerprint density at radius 1 is 1.25 bits per heavy atom. The number of nitriles is 2. The van der Waals surface area contributed by atoms with Crippen molar-refractivity contribution in [2.75, 3.05) is 21.1 Å². The van der Waals surface area contributed by atoms with Gasteiger partial charge >= 0.3 is 155 Å². The Morgan fingerprint density at radius 3 is 2.33 bits per heavy atom. The number of H-pyrrole nitrogens is 1. The Bertz CT molecular complexity index is 640. The van der Waals surface area contributed by atoms with Crippen LogP contribution in [-0.4, -0.2) is 82.6 Å². The summed E-state index contributed by atoms with van der Waals surface area (Å²) < 4.78 is 2.12. The van der Waals surface area contributed by atoms with E-state index in [0.717, 1.165) is 25.6 Å². The van der Waals surface area contributed by atoms with Gasteiger partial charge in [0.2, 0.25) is 0 Å². The second kappa shape index (κ2) is 9.83. The molecule has 130 valence electrons. The van der Waals surface area contributed by atoms with E-state index in [4.69, 9.17) is 10.5 Å². The molecule has 1 aromatic heterocycles. The summed E-state index contributed by atoms with van der Waals surface area (Å²) in [5.41, 5.74) is 0.877. The molecule has 1 heterocycles. The predicted octanol–water partition coefficient (Wildman–Crippen LogP) is -0.565. The Balaban J connectivity index is 2.97. The van der Waals surface area contributed by atoms with Gasteiger partial charge in [-0.1, -0.05) is 0 Å². The molecule has 2 N–H and O–H groups in total. The number of quaternary nitrogens is 1. The zero-order valence-corrected chi connectivity index (χ0v) is 17.5. The third-order valence-electron chi connectivity index (χ3n) is 3.24. The van der Waals surface area contributed by atoms with Gasteiger partial charge in [-0.15, -0.1) is 0 Å². The fraction of sp³-hybridized carbons (Fsp3) is 0.600. The van der Waals surface area contributed by atoms with E-state index >= 15 is 0 Å². The fourth-order valence-corrected chi connectivity index (χ4v) is 5.60.